The van der Waals surface area contributed by atoms with E-state index < -0.39 is 0 Å². The number of nitrogens with zero attached hydrogens (tertiary/aromatic N) is 2. The van der Waals surface area contributed by atoms with Gasteiger partial charge in [0.2, 0.25) is 0 Å². The second-order valence-electron chi connectivity index (χ2n) is 6.55. The van der Waals surface area contributed by atoms with Crippen LogP contribution in [0.5, 0.6) is 0 Å². The SMILES string of the molecule is CCNC(=NCC1CCN(C)CC1)NCCCSc1ccc(F)cc1.I. The van der Waals surface area contributed by atoms with Gasteiger partial charge in [-0.15, -0.1) is 35.7 Å². The van der Waals surface area contributed by atoms with E-state index >= 15 is 0 Å². The second kappa shape index (κ2) is 13.6. The van der Waals surface area contributed by atoms with Gasteiger partial charge < -0.3 is 15.5 Å². The molecule has 0 saturated carbocycles. The predicted molar refractivity (Wildman–Crippen MR) is 121 cm³/mol. The van der Waals surface area contributed by atoms with Crippen LogP contribution in [0, 0.1) is 11.7 Å². The Bertz CT molecular complexity index is 519. The maximum atomic E-state index is 12.9. The maximum Gasteiger partial charge on any atom is 0.191 e. The summed E-state index contributed by atoms with van der Waals surface area (Å²) in [5.41, 5.74) is 0. The molecule has 0 unspecified atom stereocenters. The van der Waals surface area contributed by atoms with Crippen LogP contribution in [-0.4, -0.2) is 56.4 Å². The van der Waals surface area contributed by atoms with Crippen LogP contribution in [0.2, 0.25) is 0 Å². The van der Waals surface area contributed by atoms with Gasteiger partial charge in [-0.3, -0.25) is 4.99 Å². The van der Waals surface area contributed by atoms with Crippen molar-refractivity contribution in [3.8, 4) is 0 Å². The highest BCUT2D eigenvalue weighted by Crippen LogP contribution is 2.18. The summed E-state index contributed by atoms with van der Waals surface area (Å²) < 4.78 is 12.9. The van der Waals surface area contributed by atoms with Gasteiger partial charge in [0.1, 0.15) is 5.82 Å². The smallest absolute Gasteiger partial charge is 0.191 e. The van der Waals surface area contributed by atoms with Gasteiger partial charge in [-0.25, -0.2) is 4.39 Å². The molecule has 7 heteroatoms. The van der Waals surface area contributed by atoms with Gasteiger partial charge in [0.25, 0.3) is 0 Å². The molecule has 1 aliphatic rings. The highest BCUT2D eigenvalue weighted by molar-refractivity contribution is 14.0. The Morgan fingerprint density at radius 1 is 1.23 bits per heavy atom. The van der Waals surface area contributed by atoms with E-state index in [-0.39, 0.29) is 29.8 Å². The topological polar surface area (TPSA) is 39.7 Å². The fourth-order valence-electron chi connectivity index (χ4n) is 2.81. The van der Waals surface area contributed by atoms with Crippen molar-refractivity contribution < 1.29 is 4.39 Å². The van der Waals surface area contributed by atoms with Crippen molar-refractivity contribution in [1.29, 1.82) is 0 Å². The molecule has 2 rings (SSSR count). The molecule has 0 atom stereocenters. The average Bonchev–Trinajstić information content (AvgIpc) is 2.62. The number of rotatable bonds is 8. The highest BCUT2D eigenvalue weighted by Gasteiger charge is 2.16. The zero-order chi connectivity index (χ0) is 17.9. The number of piperidine rings is 1. The van der Waals surface area contributed by atoms with Crippen molar-refractivity contribution >= 4 is 41.7 Å². The predicted octanol–water partition coefficient (Wildman–Crippen LogP) is 3.82. The third kappa shape index (κ3) is 9.41. The van der Waals surface area contributed by atoms with Crippen molar-refractivity contribution in [2.24, 2.45) is 10.9 Å². The van der Waals surface area contributed by atoms with Crippen LogP contribution in [0.4, 0.5) is 4.39 Å². The molecule has 1 aliphatic heterocycles. The van der Waals surface area contributed by atoms with E-state index in [0.29, 0.717) is 5.92 Å². The van der Waals surface area contributed by atoms with E-state index in [4.69, 9.17) is 4.99 Å². The summed E-state index contributed by atoms with van der Waals surface area (Å²) in [6.07, 6.45) is 3.53. The zero-order valence-electron chi connectivity index (χ0n) is 15.8. The molecule has 0 spiro atoms. The van der Waals surface area contributed by atoms with E-state index in [2.05, 4.69) is 29.5 Å². The molecule has 1 fully saturated rings. The molecule has 0 aliphatic carbocycles. The molecule has 26 heavy (non-hydrogen) atoms. The lowest BCUT2D eigenvalue weighted by atomic mass is 9.97. The van der Waals surface area contributed by atoms with Gasteiger partial charge in [0.05, 0.1) is 0 Å². The summed E-state index contributed by atoms with van der Waals surface area (Å²) in [6, 6.07) is 6.69. The van der Waals surface area contributed by atoms with Crippen molar-refractivity contribution in [1.82, 2.24) is 15.5 Å². The monoisotopic (exact) mass is 494 g/mol. The molecule has 4 nitrogen and oxygen atoms in total. The Morgan fingerprint density at radius 3 is 2.58 bits per heavy atom. The third-order valence-corrected chi connectivity index (χ3v) is 5.48. The van der Waals surface area contributed by atoms with E-state index in [1.807, 2.05) is 12.1 Å². The highest BCUT2D eigenvalue weighted by atomic mass is 127. The molecule has 1 saturated heterocycles. The first-order chi connectivity index (χ1) is 12.2. The number of benzene rings is 1. The van der Waals surface area contributed by atoms with Crippen molar-refractivity contribution in [2.45, 2.75) is 31.1 Å². The van der Waals surface area contributed by atoms with Crippen LogP contribution in [0.25, 0.3) is 0 Å². The molecule has 2 N–H and O–H groups in total. The lowest BCUT2D eigenvalue weighted by Crippen LogP contribution is -2.39. The first-order valence-corrected chi connectivity index (χ1v) is 10.2. The molecule has 0 radical (unpaired) electrons. The molecule has 0 aromatic heterocycles. The quantitative estimate of drug-likeness (QED) is 0.190. The van der Waals surface area contributed by atoms with Crippen LogP contribution < -0.4 is 10.6 Å². The first-order valence-electron chi connectivity index (χ1n) is 9.26. The largest absolute Gasteiger partial charge is 0.357 e. The fourth-order valence-corrected chi connectivity index (χ4v) is 3.66. The minimum Gasteiger partial charge on any atom is -0.357 e. The summed E-state index contributed by atoms with van der Waals surface area (Å²) in [6.45, 7) is 7.15. The Morgan fingerprint density at radius 2 is 1.92 bits per heavy atom. The Labute approximate surface area is 178 Å². The number of hydrogen-bond donors (Lipinski definition) is 2. The van der Waals surface area contributed by atoms with Crippen LogP contribution in [-0.2, 0) is 0 Å². The minimum absolute atomic E-state index is 0. The Kier molecular flexibility index (Phi) is 12.3. The fraction of sp³-hybridized carbons (Fsp3) is 0.632. The summed E-state index contributed by atoms with van der Waals surface area (Å²) >= 11 is 1.76. The van der Waals surface area contributed by atoms with Gasteiger partial charge in [-0.05, 0) is 82.3 Å². The molecule has 0 bridgehead atoms. The second-order valence-corrected chi connectivity index (χ2v) is 7.72. The number of hydrogen-bond acceptors (Lipinski definition) is 3. The Hall–Kier alpha value is -0.540. The molecule has 1 aromatic carbocycles. The maximum absolute atomic E-state index is 12.9. The van der Waals surface area contributed by atoms with Crippen LogP contribution >= 0.6 is 35.7 Å². The van der Waals surface area contributed by atoms with Crippen molar-refractivity contribution in [3.63, 3.8) is 0 Å². The summed E-state index contributed by atoms with van der Waals surface area (Å²) in [5, 5.41) is 6.75. The first kappa shape index (κ1) is 23.5. The normalized spacial score (nSPS) is 16.2. The lowest BCUT2D eigenvalue weighted by molar-refractivity contribution is 0.223. The number of likely N-dealkylation sites (tertiary alicyclic amines) is 1. The van der Waals surface area contributed by atoms with Crippen molar-refractivity contribution in [2.75, 3.05) is 45.5 Å². The van der Waals surface area contributed by atoms with Crippen molar-refractivity contribution in [3.05, 3.63) is 30.1 Å². The lowest BCUT2D eigenvalue weighted by Gasteiger charge is -2.28. The van der Waals surface area contributed by atoms with E-state index in [0.717, 1.165) is 42.7 Å². The molecular formula is C19H32FIN4S. The molecule has 148 valence electrons. The van der Waals surface area contributed by atoms with Gasteiger partial charge in [0.15, 0.2) is 5.96 Å². The van der Waals surface area contributed by atoms with Gasteiger partial charge in [-0.1, -0.05) is 0 Å². The van der Waals surface area contributed by atoms with Gasteiger partial charge in [-0.2, -0.15) is 0 Å². The zero-order valence-corrected chi connectivity index (χ0v) is 19.0. The average molecular weight is 494 g/mol. The summed E-state index contributed by atoms with van der Waals surface area (Å²) in [7, 11) is 2.19. The van der Waals surface area contributed by atoms with Crippen LogP contribution in [0.15, 0.2) is 34.2 Å². The summed E-state index contributed by atoms with van der Waals surface area (Å²) in [5.74, 6) is 2.46. The van der Waals surface area contributed by atoms with Gasteiger partial charge in [0, 0.05) is 24.5 Å². The van der Waals surface area contributed by atoms with Gasteiger partial charge >= 0.3 is 0 Å². The number of thioether (sulfide) groups is 1. The van der Waals surface area contributed by atoms with E-state index in [1.165, 1.54) is 38.1 Å². The molecule has 0 amide bonds. The van der Waals surface area contributed by atoms with E-state index in [9.17, 15) is 4.39 Å². The van der Waals surface area contributed by atoms with Crippen LogP contribution in [0.1, 0.15) is 26.2 Å². The number of halogens is 2. The minimum atomic E-state index is -0.179. The standard InChI is InChI=1S/C19H31FN4S.HI/c1-3-21-19(23-15-16-9-12-24(2)13-10-16)22-11-4-14-25-18-7-5-17(20)6-8-18;/h5-8,16H,3-4,9-15H2,1-2H3,(H2,21,22,23);1H. The molecule has 1 heterocycles. The van der Waals surface area contributed by atoms with Crippen LogP contribution in [0.3, 0.4) is 0 Å². The molecule has 1 aromatic rings. The number of guanidine groups is 1. The number of nitrogens with one attached hydrogen (secondary N) is 2. The third-order valence-electron chi connectivity index (χ3n) is 4.39. The Balaban J connectivity index is 0.00000338. The summed E-state index contributed by atoms with van der Waals surface area (Å²) in [4.78, 5) is 8.26. The number of aliphatic imine (C=N–C) groups is 1. The van der Waals surface area contributed by atoms with E-state index in [1.54, 1.807) is 11.8 Å². The molecular weight excluding hydrogens is 462 g/mol.